The van der Waals surface area contributed by atoms with E-state index in [2.05, 4.69) is 15.3 Å². The van der Waals surface area contributed by atoms with Gasteiger partial charge in [0.1, 0.15) is 5.84 Å². The van der Waals surface area contributed by atoms with E-state index in [1.807, 2.05) is 6.92 Å². The number of amidine groups is 1. The zero-order valence-corrected chi connectivity index (χ0v) is 15.4. The molecule has 0 saturated carbocycles. The molecule has 0 spiro atoms. The molecule has 2 heterocycles. The van der Waals surface area contributed by atoms with E-state index in [9.17, 15) is 14.8 Å². The van der Waals surface area contributed by atoms with Crippen LogP contribution in [0.4, 0.5) is 11.4 Å². The second-order valence-electron chi connectivity index (χ2n) is 6.35. The van der Waals surface area contributed by atoms with Gasteiger partial charge in [-0.15, -0.1) is 0 Å². The molecule has 1 aliphatic rings. The lowest BCUT2D eigenvalue weighted by molar-refractivity contribution is -0.160. The van der Waals surface area contributed by atoms with E-state index in [1.54, 1.807) is 48.8 Å². The van der Waals surface area contributed by atoms with Gasteiger partial charge in [0.2, 0.25) is 0 Å². The van der Waals surface area contributed by atoms with Crippen molar-refractivity contribution in [2.24, 2.45) is 10.7 Å². The van der Waals surface area contributed by atoms with Gasteiger partial charge in [-0.05, 0) is 36.8 Å². The second-order valence-corrected chi connectivity index (χ2v) is 6.35. The van der Waals surface area contributed by atoms with E-state index in [1.165, 1.54) is 0 Å². The van der Waals surface area contributed by atoms with Gasteiger partial charge in [0.25, 0.3) is 11.8 Å². The van der Waals surface area contributed by atoms with Gasteiger partial charge in [0.05, 0.1) is 17.6 Å². The smallest absolute Gasteiger partial charge is 0.273 e. The molecular formula is C20H21N5O3. The van der Waals surface area contributed by atoms with Crippen molar-refractivity contribution >= 4 is 35.1 Å². The quantitative estimate of drug-likeness (QED) is 0.545. The summed E-state index contributed by atoms with van der Waals surface area (Å²) >= 11 is 0. The van der Waals surface area contributed by atoms with Gasteiger partial charge in [0.15, 0.2) is 0 Å². The number of anilines is 1. The number of hydrogen-bond donors (Lipinski definition) is 3. The fourth-order valence-electron chi connectivity index (χ4n) is 2.79. The predicted octanol–water partition coefficient (Wildman–Crippen LogP) is 2.74. The highest BCUT2D eigenvalue weighted by molar-refractivity contribution is 6.07. The Balaban J connectivity index is 1.88. The molecule has 8 nitrogen and oxygen atoms in total. The third-order valence-corrected chi connectivity index (χ3v) is 4.12. The molecule has 1 aliphatic heterocycles. The maximum absolute atomic E-state index is 12.5. The Morgan fingerprint density at radius 3 is 2.86 bits per heavy atom. The van der Waals surface area contributed by atoms with Crippen LogP contribution in [0.3, 0.4) is 0 Å². The first kappa shape index (κ1) is 19.2. The average Bonchev–Trinajstić information content (AvgIpc) is 2.85. The van der Waals surface area contributed by atoms with E-state index in [-0.39, 0.29) is 24.7 Å². The highest BCUT2D eigenvalue weighted by atomic mass is 16.5. The molecular weight excluding hydrogens is 358 g/mol. The number of carbonyl (C=O) groups excluding carboxylic acids is 2. The van der Waals surface area contributed by atoms with Gasteiger partial charge >= 0.3 is 0 Å². The van der Waals surface area contributed by atoms with Crippen molar-refractivity contribution in [3.63, 3.8) is 0 Å². The first-order valence-corrected chi connectivity index (χ1v) is 8.87. The molecule has 1 aromatic heterocycles. The predicted molar refractivity (Wildman–Crippen MR) is 106 cm³/mol. The zero-order valence-electron chi connectivity index (χ0n) is 15.4. The minimum atomic E-state index is -0.508. The summed E-state index contributed by atoms with van der Waals surface area (Å²) < 4.78 is 0. The number of amides is 2. The Morgan fingerprint density at radius 1 is 1.32 bits per heavy atom. The third kappa shape index (κ3) is 4.41. The molecule has 3 rings (SSSR count). The van der Waals surface area contributed by atoms with Crippen molar-refractivity contribution in [1.29, 1.82) is 0 Å². The maximum atomic E-state index is 12.5. The van der Waals surface area contributed by atoms with Crippen molar-refractivity contribution < 1.29 is 14.8 Å². The Bertz CT molecular complexity index is 954. The topological polar surface area (TPSA) is 121 Å². The number of aliphatic imine (C=N–C) groups is 1. The second kappa shape index (κ2) is 8.45. The van der Waals surface area contributed by atoms with Gasteiger partial charge in [-0.3, -0.25) is 19.8 Å². The van der Waals surface area contributed by atoms with Crippen LogP contribution < -0.4 is 11.1 Å². The highest BCUT2D eigenvalue weighted by Gasteiger charge is 2.20. The summed E-state index contributed by atoms with van der Waals surface area (Å²) in [7, 11) is 0. The first-order chi connectivity index (χ1) is 13.5. The average molecular weight is 379 g/mol. The van der Waals surface area contributed by atoms with E-state index in [0.717, 1.165) is 0 Å². The van der Waals surface area contributed by atoms with Crippen LogP contribution >= 0.6 is 0 Å². The number of nitrogens with two attached hydrogens (primary N) is 1. The minimum Gasteiger partial charge on any atom is -0.387 e. The number of fused-ring (bicyclic) bond motifs is 1. The lowest BCUT2D eigenvalue weighted by Crippen LogP contribution is -2.30. The van der Waals surface area contributed by atoms with Gasteiger partial charge in [-0.1, -0.05) is 13.0 Å². The molecule has 0 atom stereocenters. The third-order valence-electron chi connectivity index (χ3n) is 4.12. The molecule has 0 radical (unpaired) electrons. The first-order valence-electron chi connectivity index (χ1n) is 8.87. The van der Waals surface area contributed by atoms with E-state index in [0.29, 0.717) is 39.6 Å². The van der Waals surface area contributed by atoms with Crippen LogP contribution in [0.1, 0.15) is 35.7 Å². The molecule has 0 bridgehead atoms. The lowest BCUT2D eigenvalue weighted by atomic mass is 10.0. The SMILES string of the molecule is CCCN(O)C(=O)C1=Cc2ccc(C(=O)Nc3cccnc3)cc2N=C(N)C1. The standard InChI is InChI=1S/C20H21N5O3/c1-2-8-25(28)20(27)15-9-13-5-6-14(10-17(13)24-18(21)11-15)19(26)23-16-4-3-7-22-12-16/h3-7,9-10,12,28H,2,8,11H2,1H3,(H2,21,24)(H,23,26). The van der Waals surface area contributed by atoms with Crippen LogP contribution in [0.2, 0.25) is 0 Å². The van der Waals surface area contributed by atoms with Crippen LogP contribution in [0.15, 0.2) is 53.3 Å². The van der Waals surface area contributed by atoms with Crippen molar-refractivity contribution in [3.8, 4) is 0 Å². The molecule has 2 aromatic rings. The van der Waals surface area contributed by atoms with Crippen LogP contribution in [0, 0.1) is 0 Å². The van der Waals surface area contributed by atoms with Gasteiger partial charge < -0.3 is 11.1 Å². The van der Waals surface area contributed by atoms with Crippen LogP contribution in [-0.2, 0) is 4.79 Å². The normalized spacial score (nSPS) is 12.9. The molecule has 28 heavy (non-hydrogen) atoms. The molecule has 0 saturated heterocycles. The molecule has 0 fully saturated rings. The fraction of sp³-hybridized carbons (Fsp3) is 0.200. The highest BCUT2D eigenvalue weighted by Crippen LogP contribution is 2.28. The van der Waals surface area contributed by atoms with Gasteiger partial charge in [0, 0.05) is 35.9 Å². The summed E-state index contributed by atoms with van der Waals surface area (Å²) in [5, 5.41) is 13.3. The summed E-state index contributed by atoms with van der Waals surface area (Å²) in [5.41, 5.74) is 8.40. The van der Waals surface area contributed by atoms with E-state index >= 15 is 0 Å². The number of aromatic nitrogens is 1. The number of nitrogens with zero attached hydrogens (tertiary/aromatic N) is 3. The molecule has 2 amide bonds. The van der Waals surface area contributed by atoms with Crippen molar-refractivity contribution in [2.45, 2.75) is 19.8 Å². The summed E-state index contributed by atoms with van der Waals surface area (Å²) in [5.74, 6) is -0.585. The van der Waals surface area contributed by atoms with E-state index < -0.39 is 5.91 Å². The van der Waals surface area contributed by atoms with Gasteiger partial charge in [-0.25, -0.2) is 10.1 Å². The molecule has 0 aliphatic carbocycles. The zero-order chi connectivity index (χ0) is 20.1. The van der Waals surface area contributed by atoms with Crippen LogP contribution in [0.5, 0.6) is 0 Å². The van der Waals surface area contributed by atoms with Crippen molar-refractivity contribution in [1.82, 2.24) is 10.0 Å². The summed E-state index contributed by atoms with van der Waals surface area (Å²) in [6.45, 7) is 2.09. The lowest BCUT2D eigenvalue weighted by Gasteiger charge is -2.15. The number of hydrogen-bond acceptors (Lipinski definition) is 6. The molecule has 8 heteroatoms. The maximum Gasteiger partial charge on any atom is 0.273 e. The number of carbonyl (C=O) groups is 2. The number of hydroxylamine groups is 2. The van der Waals surface area contributed by atoms with E-state index in [4.69, 9.17) is 5.73 Å². The van der Waals surface area contributed by atoms with Gasteiger partial charge in [-0.2, -0.15) is 0 Å². The summed E-state index contributed by atoms with van der Waals surface area (Å²) in [6.07, 6.45) is 5.56. The Hall–Kier alpha value is -3.52. The molecule has 0 unspecified atom stereocenters. The minimum absolute atomic E-state index is 0.117. The van der Waals surface area contributed by atoms with Crippen LogP contribution in [0.25, 0.3) is 6.08 Å². The Labute approximate surface area is 162 Å². The fourth-order valence-corrected chi connectivity index (χ4v) is 2.79. The van der Waals surface area contributed by atoms with Crippen molar-refractivity contribution in [3.05, 3.63) is 59.4 Å². The number of nitrogens with one attached hydrogen (secondary N) is 1. The largest absolute Gasteiger partial charge is 0.387 e. The van der Waals surface area contributed by atoms with Crippen LogP contribution in [-0.4, -0.2) is 39.4 Å². The molecule has 4 N–H and O–H groups in total. The Kier molecular flexibility index (Phi) is 5.81. The number of rotatable bonds is 5. The van der Waals surface area contributed by atoms with Crippen molar-refractivity contribution in [2.75, 3.05) is 11.9 Å². The Morgan fingerprint density at radius 2 is 2.14 bits per heavy atom. The summed E-state index contributed by atoms with van der Waals surface area (Å²) in [6, 6.07) is 8.42. The molecule has 144 valence electrons. The summed E-state index contributed by atoms with van der Waals surface area (Å²) in [4.78, 5) is 33.2. The number of pyridine rings is 1. The number of benzene rings is 1. The monoisotopic (exact) mass is 379 g/mol. The molecule has 1 aromatic carbocycles.